The number of rotatable bonds is 2. The average Bonchev–Trinajstić information content (AvgIpc) is 2.32. The Morgan fingerprint density at radius 2 is 1.56 bits per heavy atom. The number of benzene rings is 1. The molecule has 0 atom stereocenters. The van der Waals surface area contributed by atoms with E-state index in [-0.39, 0.29) is 16.9 Å². The normalized spacial score (nSPS) is 12.5. The molecule has 1 rings (SSSR count). The van der Waals surface area contributed by atoms with E-state index >= 15 is 0 Å². The molecule has 0 unspecified atom stereocenters. The second kappa shape index (κ2) is 7.32. The Hall–Kier alpha value is -1.62. The van der Waals surface area contributed by atoms with Crippen molar-refractivity contribution in [3.8, 4) is 0 Å². The fourth-order valence-electron chi connectivity index (χ4n) is 2.26. The minimum atomic E-state index is -0.531. The Balaban J connectivity index is 3.20. The van der Waals surface area contributed by atoms with Gasteiger partial charge in [0.2, 0.25) is 0 Å². The van der Waals surface area contributed by atoms with Gasteiger partial charge in [-0.25, -0.2) is 4.79 Å². The first-order chi connectivity index (χ1) is 11.1. The summed E-state index contributed by atoms with van der Waals surface area (Å²) in [6.07, 6.45) is 0. The van der Waals surface area contributed by atoms with Crippen LogP contribution in [-0.4, -0.2) is 22.2 Å². The molecular formula is C20H32N2O2S. The molecule has 1 aromatic carbocycles. The first kappa shape index (κ1) is 21.4. The maximum absolute atomic E-state index is 12.4. The van der Waals surface area contributed by atoms with Gasteiger partial charge in [-0.3, -0.25) is 0 Å². The standard InChI is InChI=1S/C20H32N2O2S/c1-18(2,3)14-11-10-13(16(23)24-20(7,8)9)12-15(14)21-17(25)22-19(4,5)6/h10-12H,1-9H3,(H2,21,22,25). The van der Waals surface area contributed by atoms with Crippen molar-refractivity contribution in [3.63, 3.8) is 0 Å². The number of hydrogen-bond acceptors (Lipinski definition) is 3. The van der Waals surface area contributed by atoms with Gasteiger partial charge in [-0.05, 0) is 76.9 Å². The number of hydrogen-bond donors (Lipinski definition) is 2. The first-order valence-electron chi connectivity index (χ1n) is 8.55. The number of carbonyl (C=O) groups excluding carboxylic acids is 1. The zero-order chi connectivity index (χ0) is 19.6. The molecule has 1 aromatic rings. The Bertz CT molecular complexity index is 647. The van der Waals surface area contributed by atoms with Crippen molar-refractivity contribution in [1.82, 2.24) is 5.32 Å². The summed E-state index contributed by atoms with van der Waals surface area (Å²) in [6, 6.07) is 5.58. The quantitative estimate of drug-likeness (QED) is 0.570. The van der Waals surface area contributed by atoms with Crippen molar-refractivity contribution in [3.05, 3.63) is 29.3 Å². The molecule has 0 heterocycles. The molecule has 0 radical (unpaired) electrons. The van der Waals surface area contributed by atoms with Crippen LogP contribution in [0.1, 0.15) is 78.2 Å². The Kier molecular flexibility index (Phi) is 6.27. The van der Waals surface area contributed by atoms with Crippen LogP contribution >= 0.6 is 12.2 Å². The van der Waals surface area contributed by atoms with Gasteiger partial charge in [-0.15, -0.1) is 0 Å². The molecule has 0 amide bonds. The van der Waals surface area contributed by atoms with Crippen molar-refractivity contribution in [2.75, 3.05) is 5.32 Å². The van der Waals surface area contributed by atoms with Gasteiger partial charge in [0.25, 0.3) is 0 Å². The van der Waals surface area contributed by atoms with Crippen molar-refractivity contribution >= 4 is 29.0 Å². The summed E-state index contributed by atoms with van der Waals surface area (Å²) < 4.78 is 5.47. The van der Waals surface area contributed by atoms with E-state index < -0.39 is 5.60 Å². The number of nitrogens with one attached hydrogen (secondary N) is 2. The summed E-state index contributed by atoms with van der Waals surface area (Å²) in [5, 5.41) is 7.01. The number of ether oxygens (including phenoxy) is 1. The zero-order valence-electron chi connectivity index (χ0n) is 17.0. The van der Waals surface area contributed by atoms with Crippen molar-refractivity contribution in [1.29, 1.82) is 0 Å². The molecule has 0 bridgehead atoms. The molecule has 140 valence electrons. The van der Waals surface area contributed by atoms with Gasteiger partial charge in [0.1, 0.15) is 5.60 Å². The van der Waals surface area contributed by atoms with Crippen LogP contribution in [-0.2, 0) is 10.2 Å². The highest BCUT2D eigenvalue weighted by molar-refractivity contribution is 7.80. The molecular weight excluding hydrogens is 332 g/mol. The van der Waals surface area contributed by atoms with E-state index in [9.17, 15) is 4.79 Å². The van der Waals surface area contributed by atoms with Crippen LogP contribution < -0.4 is 10.6 Å². The van der Waals surface area contributed by atoms with Crippen molar-refractivity contribution < 1.29 is 9.53 Å². The molecule has 0 spiro atoms. The molecule has 0 aliphatic carbocycles. The number of anilines is 1. The Labute approximate surface area is 157 Å². The van der Waals surface area contributed by atoms with Gasteiger partial charge in [0.15, 0.2) is 5.11 Å². The summed E-state index contributed by atoms with van der Waals surface area (Å²) in [6.45, 7) is 18.1. The van der Waals surface area contributed by atoms with Gasteiger partial charge in [0, 0.05) is 11.2 Å². The van der Waals surface area contributed by atoms with E-state index in [0.29, 0.717) is 10.7 Å². The predicted molar refractivity (Wildman–Crippen MR) is 109 cm³/mol. The summed E-state index contributed by atoms with van der Waals surface area (Å²) in [4.78, 5) is 12.4. The van der Waals surface area contributed by atoms with E-state index in [1.807, 2.05) is 53.7 Å². The van der Waals surface area contributed by atoms with Crippen LogP contribution in [0.4, 0.5) is 5.69 Å². The van der Waals surface area contributed by atoms with E-state index in [1.165, 1.54) is 0 Å². The molecule has 0 aromatic heterocycles. The third kappa shape index (κ3) is 7.43. The lowest BCUT2D eigenvalue weighted by atomic mass is 9.85. The van der Waals surface area contributed by atoms with Gasteiger partial charge in [-0.1, -0.05) is 26.8 Å². The number of carbonyl (C=O) groups is 1. The minimum Gasteiger partial charge on any atom is -0.456 e. The van der Waals surface area contributed by atoms with Crippen LogP contribution in [0.2, 0.25) is 0 Å². The summed E-state index contributed by atoms with van der Waals surface area (Å²) in [5.41, 5.74) is 1.64. The highest BCUT2D eigenvalue weighted by atomic mass is 32.1. The highest BCUT2D eigenvalue weighted by Crippen LogP contribution is 2.31. The molecule has 0 saturated carbocycles. The third-order valence-corrected chi connectivity index (χ3v) is 3.40. The molecule has 0 saturated heterocycles. The largest absolute Gasteiger partial charge is 0.456 e. The van der Waals surface area contributed by atoms with E-state index in [2.05, 4.69) is 31.4 Å². The van der Waals surface area contributed by atoms with Crippen molar-refractivity contribution in [2.24, 2.45) is 0 Å². The molecule has 5 heteroatoms. The van der Waals surface area contributed by atoms with Crippen LogP contribution in [0.25, 0.3) is 0 Å². The Morgan fingerprint density at radius 3 is 2.00 bits per heavy atom. The molecule has 25 heavy (non-hydrogen) atoms. The molecule has 0 aliphatic rings. The van der Waals surface area contributed by atoms with Gasteiger partial charge in [0.05, 0.1) is 5.56 Å². The Morgan fingerprint density at radius 1 is 1.00 bits per heavy atom. The highest BCUT2D eigenvalue weighted by Gasteiger charge is 2.23. The smallest absolute Gasteiger partial charge is 0.338 e. The van der Waals surface area contributed by atoms with Gasteiger partial charge < -0.3 is 15.4 Å². The van der Waals surface area contributed by atoms with Crippen LogP contribution in [0.15, 0.2) is 18.2 Å². The summed E-state index contributed by atoms with van der Waals surface area (Å²) in [5.74, 6) is -0.342. The topological polar surface area (TPSA) is 50.4 Å². The van der Waals surface area contributed by atoms with Crippen LogP contribution in [0.3, 0.4) is 0 Å². The SMILES string of the molecule is CC(C)(C)NC(=S)Nc1cc(C(=O)OC(C)(C)C)ccc1C(C)(C)C. The summed E-state index contributed by atoms with van der Waals surface area (Å²) >= 11 is 5.42. The third-order valence-electron chi connectivity index (χ3n) is 3.20. The average molecular weight is 365 g/mol. The second-order valence-corrected chi connectivity index (χ2v) is 9.75. The fraction of sp³-hybridized carbons (Fsp3) is 0.600. The molecule has 0 aliphatic heterocycles. The van der Waals surface area contributed by atoms with Crippen LogP contribution in [0, 0.1) is 0 Å². The van der Waals surface area contributed by atoms with Gasteiger partial charge in [-0.2, -0.15) is 0 Å². The molecule has 0 fully saturated rings. The second-order valence-electron chi connectivity index (χ2n) is 9.34. The lowest BCUT2D eigenvalue weighted by Gasteiger charge is -2.27. The first-order valence-corrected chi connectivity index (χ1v) is 8.96. The van der Waals surface area contributed by atoms with Crippen LogP contribution in [0.5, 0.6) is 0 Å². The van der Waals surface area contributed by atoms with E-state index in [1.54, 1.807) is 6.07 Å². The molecule has 4 nitrogen and oxygen atoms in total. The lowest BCUT2D eigenvalue weighted by Crippen LogP contribution is -2.43. The maximum atomic E-state index is 12.4. The van der Waals surface area contributed by atoms with E-state index in [0.717, 1.165) is 11.3 Å². The maximum Gasteiger partial charge on any atom is 0.338 e. The van der Waals surface area contributed by atoms with Crippen molar-refractivity contribution in [2.45, 2.75) is 78.9 Å². The predicted octanol–water partition coefficient (Wildman–Crippen LogP) is 5.02. The van der Waals surface area contributed by atoms with E-state index in [4.69, 9.17) is 17.0 Å². The fourth-order valence-corrected chi connectivity index (χ4v) is 2.68. The van der Waals surface area contributed by atoms with Gasteiger partial charge >= 0.3 is 5.97 Å². The monoisotopic (exact) mass is 364 g/mol. The number of thiocarbonyl (C=S) groups is 1. The molecule has 2 N–H and O–H groups in total. The summed E-state index contributed by atoms with van der Waals surface area (Å²) in [7, 11) is 0. The minimum absolute atomic E-state index is 0.0911. The zero-order valence-corrected chi connectivity index (χ0v) is 17.8. The lowest BCUT2D eigenvalue weighted by molar-refractivity contribution is 0.00695. The number of esters is 1.